The first-order chi connectivity index (χ1) is 9.97. The third-order valence-electron chi connectivity index (χ3n) is 3.53. The summed E-state index contributed by atoms with van der Waals surface area (Å²) >= 11 is 5.95. The Morgan fingerprint density at radius 3 is 2.71 bits per heavy atom. The van der Waals surface area contributed by atoms with Crippen molar-refractivity contribution >= 4 is 29.1 Å². The van der Waals surface area contributed by atoms with Crippen molar-refractivity contribution in [3.8, 4) is 0 Å². The van der Waals surface area contributed by atoms with Crippen LogP contribution in [-0.2, 0) is 9.59 Å². The second-order valence-electron chi connectivity index (χ2n) is 5.37. The minimum Gasteiger partial charge on any atom is -0.393 e. The Morgan fingerprint density at radius 2 is 2.10 bits per heavy atom. The fraction of sp³-hybridized carbons (Fsp3) is 0.467. The van der Waals surface area contributed by atoms with Gasteiger partial charge in [0.2, 0.25) is 0 Å². The summed E-state index contributed by atoms with van der Waals surface area (Å²) in [6, 6.07) is 5.05. The molecular weight excluding hydrogens is 292 g/mol. The molecule has 0 spiro atoms. The van der Waals surface area contributed by atoms with Gasteiger partial charge in [-0.05, 0) is 49.8 Å². The number of hydrogen-bond donors (Lipinski definition) is 3. The van der Waals surface area contributed by atoms with Gasteiger partial charge in [0.05, 0.1) is 6.10 Å². The van der Waals surface area contributed by atoms with E-state index in [1.165, 1.54) is 0 Å². The van der Waals surface area contributed by atoms with Gasteiger partial charge in [-0.1, -0.05) is 17.7 Å². The van der Waals surface area contributed by atoms with Crippen LogP contribution in [0.15, 0.2) is 18.2 Å². The molecule has 0 heterocycles. The highest BCUT2D eigenvalue weighted by molar-refractivity contribution is 6.39. The second kappa shape index (κ2) is 6.91. The van der Waals surface area contributed by atoms with Crippen LogP contribution in [0.25, 0.3) is 0 Å². The van der Waals surface area contributed by atoms with Gasteiger partial charge in [0.15, 0.2) is 0 Å². The Kier molecular flexibility index (Phi) is 5.20. The quantitative estimate of drug-likeness (QED) is 0.726. The molecule has 1 atom stereocenters. The van der Waals surface area contributed by atoms with Crippen LogP contribution in [0, 0.1) is 12.8 Å². The number of nitrogens with one attached hydrogen (secondary N) is 2. The zero-order chi connectivity index (χ0) is 15.4. The molecule has 0 aliphatic heterocycles. The average molecular weight is 311 g/mol. The van der Waals surface area contributed by atoms with E-state index in [1.807, 2.05) is 6.92 Å². The number of benzene rings is 1. The Morgan fingerprint density at radius 1 is 1.38 bits per heavy atom. The molecular formula is C15H19ClN2O3. The van der Waals surface area contributed by atoms with Crippen LogP contribution < -0.4 is 10.6 Å². The molecule has 1 aromatic carbocycles. The van der Waals surface area contributed by atoms with Gasteiger partial charge in [0.1, 0.15) is 0 Å². The fourth-order valence-electron chi connectivity index (χ4n) is 1.99. The van der Waals surface area contributed by atoms with Crippen LogP contribution in [0.2, 0.25) is 5.02 Å². The highest BCUT2D eigenvalue weighted by Gasteiger charge is 2.29. The smallest absolute Gasteiger partial charge is 0.313 e. The number of carbonyl (C=O) groups is 2. The predicted molar refractivity (Wildman–Crippen MR) is 81.2 cm³/mol. The molecule has 0 aromatic heterocycles. The number of anilines is 1. The lowest BCUT2D eigenvalue weighted by molar-refractivity contribution is -0.136. The molecule has 5 nitrogen and oxygen atoms in total. The summed E-state index contributed by atoms with van der Waals surface area (Å²) in [5.74, 6) is -1.09. The van der Waals surface area contributed by atoms with Gasteiger partial charge in [-0.3, -0.25) is 9.59 Å². The standard InChI is InChI=1S/C15H19ClN2O3/c1-9-2-5-11(8-12(9)16)18-15(21)14(20)17-7-6-13(19)10-3-4-10/h2,5,8,10,13,19H,3-4,6-7H2,1H3,(H,17,20)(H,18,21)/t13-/m1/s1. The van der Waals surface area contributed by atoms with Crippen molar-refractivity contribution in [3.63, 3.8) is 0 Å². The summed E-state index contributed by atoms with van der Waals surface area (Å²) < 4.78 is 0. The number of hydrogen-bond acceptors (Lipinski definition) is 3. The SMILES string of the molecule is Cc1ccc(NC(=O)C(=O)NCC[C@@H](O)C2CC2)cc1Cl. The van der Waals surface area contributed by atoms with E-state index in [2.05, 4.69) is 10.6 Å². The summed E-state index contributed by atoms with van der Waals surface area (Å²) in [6.45, 7) is 2.14. The number of aryl methyl sites for hydroxylation is 1. The van der Waals surface area contributed by atoms with Crippen molar-refractivity contribution in [1.29, 1.82) is 0 Å². The van der Waals surface area contributed by atoms with Crippen LogP contribution in [0.3, 0.4) is 0 Å². The van der Waals surface area contributed by atoms with Gasteiger partial charge < -0.3 is 15.7 Å². The number of amides is 2. The number of halogens is 1. The molecule has 2 amide bonds. The third kappa shape index (κ3) is 4.72. The first-order valence-corrected chi connectivity index (χ1v) is 7.38. The number of carbonyl (C=O) groups excluding carboxylic acids is 2. The monoisotopic (exact) mass is 310 g/mol. The number of rotatable bonds is 5. The van der Waals surface area contributed by atoms with Crippen molar-refractivity contribution < 1.29 is 14.7 Å². The summed E-state index contributed by atoms with van der Waals surface area (Å²) in [7, 11) is 0. The van der Waals surface area contributed by atoms with E-state index in [4.69, 9.17) is 11.6 Å². The molecule has 0 bridgehead atoms. The van der Waals surface area contributed by atoms with Crippen molar-refractivity contribution in [1.82, 2.24) is 5.32 Å². The van der Waals surface area contributed by atoms with E-state index in [1.54, 1.807) is 18.2 Å². The largest absolute Gasteiger partial charge is 0.393 e. The maximum Gasteiger partial charge on any atom is 0.313 e. The molecule has 1 fully saturated rings. The van der Waals surface area contributed by atoms with E-state index in [0.29, 0.717) is 29.6 Å². The van der Waals surface area contributed by atoms with Crippen LogP contribution in [0.5, 0.6) is 0 Å². The Bertz CT molecular complexity index is 544. The molecule has 114 valence electrons. The van der Waals surface area contributed by atoms with Crippen LogP contribution in [-0.4, -0.2) is 29.6 Å². The molecule has 3 N–H and O–H groups in total. The normalized spacial score (nSPS) is 15.4. The molecule has 1 aromatic rings. The maximum atomic E-state index is 11.7. The second-order valence-corrected chi connectivity index (χ2v) is 5.77. The molecule has 1 aliphatic rings. The maximum absolute atomic E-state index is 11.7. The highest BCUT2D eigenvalue weighted by atomic mass is 35.5. The number of aliphatic hydroxyl groups is 1. The number of aliphatic hydroxyl groups excluding tert-OH is 1. The molecule has 0 saturated heterocycles. The molecule has 0 unspecified atom stereocenters. The van der Waals surface area contributed by atoms with Gasteiger partial charge in [-0.2, -0.15) is 0 Å². The zero-order valence-electron chi connectivity index (χ0n) is 11.9. The highest BCUT2D eigenvalue weighted by Crippen LogP contribution is 2.33. The summed E-state index contributed by atoms with van der Waals surface area (Å²) in [5, 5.41) is 15.2. The Hall–Kier alpha value is -1.59. The van der Waals surface area contributed by atoms with Gasteiger partial charge in [0.25, 0.3) is 0 Å². The van der Waals surface area contributed by atoms with Crippen LogP contribution in [0.1, 0.15) is 24.8 Å². The van der Waals surface area contributed by atoms with E-state index < -0.39 is 11.8 Å². The molecule has 6 heteroatoms. The van der Waals surface area contributed by atoms with Gasteiger partial charge in [0, 0.05) is 17.3 Å². The first-order valence-electron chi connectivity index (χ1n) is 7.01. The molecule has 2 rings (SSSR count). The summed E-state index contributed by atoms with van der Waals surface area (Å²) in [6.07, 6.45) is 2.18. The Labute approximate surface area is 128 Å². The van der Waals surface area contributed by atoms with E-state index in [-0.39, 0.29) is 6.10 Å². The lowest BCUT2D eigenvalue weighted by Gasteiger charge is -2.10. The van der Waals surface area contributed by atoms with E-state index >= 15 is 0 Å². The molecule has 1 saturated carbocycles. The lowest BCUT2D eigenvalue weighted by Crippen LogP contribution is -2.37. The summed E-state index contributed by atoms with van der Waals surface area (Å²) in [5.41, 5.74) is 1.37. The van der Waals surface area contributed by atoms with Gasteiger partial charge in [-0.15, -0.1) is 0 Å². The first kappa shape index (κ1) is 15.8. The average Bonchev–Trinajstić information content (AvgIpc) is 3.27. The van der Waals surface area contributed by atoms with Gasteiger partial charge in [-0.25, -0.2) is 0 Å². The van der Waals surface area contributed by atoms with Crippen LogP contribution in [0.4, 0.5) is 5.69 Å². The molecule has 0 radical (unpaired) electrons. The van der Waals surface area contributed by atoms with Crippen molar-refractivity contribution in [2.45, 2.75) is 32.3 Å². The minimum atomic E-state index is -0.740. The van der Waals surface area contributed by atoms with Gasteiger partial charge >= 0.3 is 11.8 Å². The lowest BCUT2D eigenvalue weighted by atomic mass is 10.1. The van der Waals surface area contributed by atoms with Crippen LogP contribution >= 0.6 is 11.6 Å². The van der Waals surface area contributed by atoms with Crippen molar-refractivity contribution in [2.75, 3.05) is 11.9 Å². The predicted octanol–water partition coefficient (Wildman–Crippen LogP) is 1.86. The van der Waals surface area contributed by atoms with Crippen molar-refractivity contribution in [3.05, 3.63) is 28.8 Å². The van der Waals surface area contributed by atoms with E-state index in [9.17, 15) is 14.7 Å². The Balaban J connectivity index is 1.76. The van der Waals surface area contributed by atoms with Crippen molar-refractivity contribution in [2.24, 2.45) is 5.92 Å². The minimum absolute atomic E-state index is 0.290. The summed E-state index contributed by atoms with van der Waals surface area (Å²) in [4.78, 5) is 23.3. The zero-order valence-corrected chi connectivity index (χ0v) is 12.6. The fourth-order valence-corrected chi connectivity index (χ4v) is 2.17. The third-order valence-corrected chi connectivity index (χ3v) is 3.93. The van der Waals surface area contributed by atoms with E-state index in [0.717, 1.165) is 18.4 Å². The molecule has 1 aliphatic carbocycles. The topological polar surface area (TPSA) is 78.4 Å². The molecule has 21 heavy (non-hydrogen) atoms.